The van der Waals surface area contributed by atoms with Crippen LogP contribution < -0.4 is 5.32 Å². The summed E-state index contributed by atoms with van der Waals surface area (Å²) in [5.74, 6) is 0. The van der Waals surface area contributed by atoms with Gasteiger partial charge in [-0.25, -0.2) is 0 Å². The van der Waals surface area contributed by atoms with Crippen molar-refractivity contribution in [3.63, 3.8) is 0 Å². The number of fused-ring (bicyclic) bond motifs is 1. The summed E-state index contributed by atoms with van der Waals surface area (Å²) in [6, 6.07) is 7.72. The van der Waals surface area contributed by atoms with Crippen molar-refractivity contribution in [3.05, 3.63) is 29.3 Å². The third kappa shape index (κ3) is 2.93. The number of likely N-dealkylation sites (tertiary alicyclic amines) is 1. The van der Waals surface area contributed by atoms with Crippen molar-refractivity contribution in [2.24, 2.45) is 0 Å². The van der Waals surface area contributed by atoms with Crippen molar-refractivity contribution in [1.29, 1.82) is 0 Å². The second-order valence-corrected chi connectivity index (χ2v) is 6.14. The van der Waals surface area contributed by atoms with E-state index >= 15 is 0 Å². The molecule has 1 saturated heterocycles. The van der Waals surface area contributed by atoms with Crippen LogP contribution in [0.25, 0.3) is 0 Å². The van der Waals surface area contributed by atoms with Gasteiger partial charge in [0.05, 0.1) is 0 Å². The van der Waals surface area contributed by atoms with Crippen molar-refractivity contribution in [3.8, 4) is 0 Å². The molecule has 104 valence electrons. The highest BCUT2D eigenvalue weighted by Crippen LogP contribution is 2.24. The second kappa shape index (κ2) is 5.51. The Morgan fingerprint density at radius 1 is 1.26 bits per heavy atom. The van der Waals surface area contributed by atoms with E-state index in [1.807, 2.05) is 0 Å². The van der Waals surface area contributed by atoms with E-state index in [9.17, 15) is 0 Å². The van der Waals surface area contributed by atoms with Crippen molar-refractivity contribution in [2.75, 3.05) is 39.0 Å². The van der Waals surface area contributed by atoms with Crippen LogP contribution in [0.5, 0.6) is 0 Å². The number of benzene rings is 1. The van der Waals surface area contributed by atoms with E-state index in [0.29, 0.717) is 0 Å². The predicted octanol–water partition coefficient (Wildman–Crippen LogP) is 2.18. The highest BCUT2D eigenvalue weighted by atomic mass is 15.2. The van der Waals surface area contributed by atoms with E-state index in [0.717, 1.165) is 19.1 Å². The summed E-state index contributed by atoms with van der Waals surface area (Å²) < 4.78 is 0. The SMILES string of the molecule is CN(C)C1CCN(Cc2ccc3c(c2)CCN3)CC1. The first-order chi connectivity index (χ1) is 9.22. The van der Waals surface area contributed by atoms with E-state index in [1.165, 1.54) is 49.2 Å². The number of rotatable bonds is 3. The van der Waals surface area contributed by atoms with Crippen LogP contribution >= 0.6 is 0 Å². The molecule has 0 spiro atoms. The van der Waals surface area contributed by atoms with E-state index < -0.39 is 0 Å². The molecule has 0 radical (unpaired) electrons. The first-order valence-electron chi connectivity index (χ1n) is 7.47. The van der Waals surface area contributed by atoms with Crippen molar-refractivity contribution in [1.82, 2.24) is 9.80 Å². The molecule has 1 N–H and O–H groups in total. The Morgan fingerprint density at radius 2 is 2.05 bits per heavy atom. The summed E-state index contributed by atoms with van der Waals surface area (Å²) >= 11 is 0. The Morgan fingerprint density at radius 3 is 2.79 bits per heavy atom. The minimum Gasteiger partial charge on any atom is -0.384 e. The third-order valence-electron chi connectivity index (χ3n) is 4.57. The lowest BCUT2D eigenvalue weighted by molar-refractivity contribution is 0.140. The maximum absolute atomic E-state index is 3.43. The minimum absolute atomic E-state index is 0.778. The minimum atomic E-state index is 0.778. The molecule has 3 nitrogen and oxygen atoms in total. The molecular weight excluding hydrogens is 234 g/mol. The molecule has 2 aliphatic heterocycles. The van der Waals surface area contributed by atoms with Crippen LogP contribution in [0.15, 0.2) is 18.2 Å². The molecule has 1 aromatic carbocycles. The van der Waals surface area contributed by atoms with Crippen LogP contribution in [0.4, 0.5) is 5.69 Å². The van der Waals surface area contributed by atoms with Gasteiger partial charge in [0.15, 0.2) is 0 Å². The molecule has 0 amide bonds. The van der Waals surface area contributed by atoms with Gasteiger partial charge in [-0.15, -0.1) is 0 Å². The molecular formula is C16H25N3. The lowest BCUT2D eigenvalue weighted by Gasteiger charge is -2.35. The topological polar surface area (TPSA) is 18.5 Å². The quantitative estimate of drug-likeness (QED) is 0.897. The van der Waals surface area contributed by atoms with Gasteiger partial charge in [0.1, 0.15) is 0 Å². The van der Waals surface area contributed by atoms with E-state index in [-0.39, 0.29) is 0 Å². The molecule has 3 rings (SSSR count). The van der Waals surface area contributed by atoms with Crippen molar-refractivity contribution < 1.29 is 0 Å². The number of nitrogens with zero attached hydrogens (tertiary/aromatic N) is 2. The number of nitrogens with one attached hydrogen (secondary N) is 1. The van der Waals surface area contributed by atoms with Gasteiger partial charge >= 0.3 is 0 Å². The highest BCUT2D eigenvalue weighted by molar-refractivity contribution is 5.56. The van der Waals surface area contributed by atoms with Gasteiger partial charge in [-0.2, -0.15) is 0 Å². The van der Waals surface area contributed by atoms with Crippen LogP contribution in [0.3, 0.4) is 0 Å². The number of piperidine rings is 1. The van der Waals surface area contributed by atoms with Crippen LogP contribution in [0.2, 0.25) is 0 Å². The maximum Gasteiger partial charge on any atom is 0.0373 e. The first kappa shape index (κ1) is 12.9. The molecule has 1 fully saturated rings. The summed E-state index contributed by atoms with van der Waals surface area (Å²) in [6.07, 6.45) is 3.80. The Bertz CT molecular complexity index is 434. The van der Waals surface area contributed by atoms with Crippen LogP contribution in [-0.2, 0) is 13.0 Å². The van der Waals surface area contributed by atoms with Crippen molar-refractivity contribution in [2.45, 2.75) is 31.8 Å². The summed E-state index contributed by atoms with van der Waals surface area (Å²) in [6.45, 7) is 4.69. The molecule has 0 bridgehead atoms. The van der Waals surface area contributed by atoms with Gasteiger partial charge in [-0.05, 0) is 63.6 Å². The molecule has 0 saturated carbocycles. The standard InChI is InChI=1S/C16H25N3/c1-18(2)15-6-9-19(10-7-15)12-13-3-4-16-14(11-13)5-8-17-16/h3-4,11,15,17H,5-10,12H2,1-2H3. The summed E-state index contributed by atoms with van der Waals surface area (Å²) in [4.78, 5) is 4.97. The molecule has 19 heavy (non-hydrogen) atoms. The zero-order chi connectivity index (χ0) is 13.2. The average Bonchev–Trinajstić information content (AvgIpc) is 2.87. The Balaban J connectivity index is 1.58. The zero-order valence-corrected chi connectivity index (χ0v) is 12.2. The summed E-state index contributed by atoms with van der Waals surface area (Å²) in [5.41, 5.74) is 4.32. The van der Waals surface area contributed by atoms with E-state index in [2.05, 4.69) is 47.4 Å². The molecule has 0 unspecified atom stereocenters. The van der Waals surface area contributed by atoms with Gasteiger partial charge in [0.25, 0.3) is 0 Å². The molecule has 2 aliphatic rings. The number of hydrogen-bond acceptors (Lipinski definition) is 3. The Hall–Kier alpha value is -1.06. The predicted molar refractivity (Wildman–Crippen MR) is 80.6 cm³/mol. The van der Waals surface area contributed by atoms with Gasteiger partial charge in [-0.1, -0.05) is 12.1 Å². The van der Waals surface area contributed by atoms with Crippen molar-refractivity contribution >= 4 is 5.69 Å². The Labute approximate surface area is 116 Å². The van der Waals surface area contributed by atoms with Crippen LogP contribution in [0.1, 0.15) is 24.0 Å². The fraction of sp³-hybridized carbons (Fsp3) is 0.625. The molecule has 3 heteroatoms. The van der Waals surface area contributed by atoms with Gasteiger partial charge in [-0.3, -0.25) is 4.90 Å². The third-order valence-corrected chi connectivity index (χ3v) is 4.57. The lowest BCUT2D eigenvalue weighted by atomic mass is 10.0. The summed E-state index contributed by atoms with van der Waals surface area (Å²) in [5, 5.41) is 3.43. The van der Waals surface area contributed by atoms with E-state index in [1.54, 1.807) is 0 Å². The number of hydrogen-bond donors (Lipinski definition) is 1. The molecule has 1 aromatic rings. The largest absolute Gasteiger partial charge is 0.384 e. The maximum atomic E-state index is 3.43. The smallest absolute Gasteiger partial charge is 0.0373 e. The fourth-order valence-corrected chi connectivity index (χ4v) is 3.31. The van der Waals surface area contributed by atoms with Gasteiger partial charge in [0, 0.05) is 24.8 Å². The Kier molecular flexibility index (Phi) is 3.76. The molecule has 0 aromatic heterocycles. The molecule has 0 atom stereocenters. The van der Waals surface area contributed by atoms with Crippen LogP contribution in [-0.4, -0.2) is 49.6 Å². The highest BCUT2D eigenvalue weighted by Gasteiger charge is 2.20. The monoisotopic (exact) mass is 259 g/mol. The second-order valence-electron chi connectivity index (χ2n) is 6.14. The average molecular weight is 259 g/mol. The summed E-state index contributed by atoms with van der Waals surface area (Å²) in [7, 11) is 4.40. The van der Waals surface area contributed by atoms with Gasteiger partial charge in [0.2, 0.25) is 0 Å². The fourth-order valence-electron chi connectivity index (χ4n) is 3.31. The lowest BCUT2D eigenvalue weighted by Crippen LogP contribution is -2.41. The normalized spacial score (nSPS) is 20.6. The zero-order valence-electron chi connectivity index (χ0n) is 12.2. The molecule has 0 aliphatic carbocycles. The first-order valence-corrected chi connectivity index (χ1v) is 7.47. The molecule has 2 heterocycles. The number of anilines is 1. The van der Waals surface area contributed by atoms with Crippen LogP contribution in [0, 0.1) is 0 Å². The van der Waals surface area contributed by atoms with Gasteiger partial charge < -0.3 is 10.2 Å². The van der Waals surface area contributed by atoms with E-state index in [4.69, 9.17) is 0 Å².